The average Bonchev–Trinajstić information content (AvgIpc) is 2.42. The highest BCUT2D eigenvalue weighted by atomic mass is 16.7. The zero-order chi connectivity index (χ0) is 18.4. The zero-order valence-corrected chi connectivity index (χ0v) is 13.8. The van der Waals surface area contributed by atoms with Gasteiger partial charge < -0.3 is 29.4 Å². The number of esters is 3. The summed E-state index contributed by atoms with van der Waals surface area (Å²) >= 11 is 0. The summed E-state index contributed by atoms with van der Waals surface area (Å²) in [6.45, 7) is 4.28. The highest BCUT2D eigenvalue weighted by Crippen LogP contribution is 2.26. The van der Waals surface area contributed by atoms with Crippen molar-refractivity contribution in [1.82, 2.24) is 5.32 Å². The van der Waals surface area contributed by atoms with Crippen molar-refractivity contribution in [1.29, 1.82) is 0 Å². The number of carbonyl (C=O) groups excluding carboxylic acids is 4. The van der Waals surface area contributed by atoms with Crippen LogP contribution in [0, 0.1) is 0 Å². The molecule has 1 fully saturated rings. The molecule has 1 aliphatic rings. The van der Waals surface area contributed by atoms with Crippen molar-refractivity contribution in [3.05, 3.63) is 0 Å². The van der Waals surface area contributed by atoms with E-state index in [0.29, 0.717) is 0 Å². The molecule has 1 rings (SSSR count). The third kappa shape index (κ3) is 5.78. The van der Waals surface area contributed by atoms with E-state index in [2.05, 4.69) is 5.32 Å². The van der Waals surface area contributed by atoms with Crippen molar-refractivity contribution in [3.8, 4) is 0 Å². The molecule has 2 N–H and O–H groups in total. The van der Waals surface area contributed by atoms with Crippen molar-refractivity contribution in [2.24, 2.45) is 0 Å². The first-order valence-corrected chi connectivity index (χ1v) is 7.20. The fourth-order valence-corrected chi connectivity index (χ4v) is 2.31. The number of ether oxygens (including phenoxy) is 4. The molecule has 1 heterocycles. The van der Waals surface area contributed by atoms with Crippen molar-refractivity contribution in [2.75, 3.05) is 6.61 Å². The number of amides is 1. The molecule has 0 aromatic carbocycles. The largest absolute Gasteiger partial charge is 0.463 e. The third-order valence-electron chi connectivity index (χ3n) is 3.09. The van der Waals surface area contributed by atoms with Crippen LogP contribution in [0.5, 0.6) is 0 Å². The Morgan fingerprint density at radius 2 is 1.50 bits per heavy atom. The van der Waals surface area contributed by atoms with Gasteiger partial charge in [0.25, 0.3) is 0 Å². The maximum absolute atomic E-state index is 11.4. The van der Waals surface area contributed by atoms with Gasteiger partial charge in [-0.1, -0.05) is 0 Å². The van der Waals surface area contributed by atoms with Crippen LogP contribution >= 0.6 is 0 Å². The number of hydrogen-bond donors (Lipinski definition) is 2. The smallest absolute Gasteiger partial charge is 0.303 e. The van der Waals surface area contributed by atoms with Gasteiger partial charge >= 0.3 is 17.9 Å². The van der Waals surface area contributed by atoms with E-state index in [1.54, 1.807) is 0 Å². The molecule has 136 valence electrons. The molecule has 1 amide bonds. The van der Waals surface area contributed by atoms with Gasteiger partial charge in [0.2, 0.25) is 5.91 Å². The molecule has 24 heavy (non-hydrogen) atoms. The summed E-state index contributed by atoms with van der Waals surface area (Å²) in [4.78, 5) is 45.0. The van der Waals surface area contributed by atoms with Crippen LogP contribution in [0.1, 0.15) is 27.7 Å². The van der Waals surface area contributed by atoms with Gasteiger partial charge in [0.15, 0.2) is 18.5 Å². The van der Waals surface area contributed by atoms with Crippen LogP contribution in [0.4, 0.5) is 0 Å². The summed E-state index contributed by atoms with van der Waals surface area (Å²) in [7, 11) is 0. The Hall–Kier alpha value is -2.20. The highest BCUT2D eigenvalue weighted by molar-refractivity contribution is 5.73. The van der Waals surface area contributed by atoms with Crippen molar-refractivity contribution >= 4 is 23.8 Å². The van der Waals surface area contributed by atoms with E-state index in [9.17, 15) is 24.3 Å². The minimum Gasteiger partial charge on any atom is -0.463 e. The molecular formula is C14H21NO9. The molecule has 5 atom stereocenters. The Morgan fingerprint density at radius 1 is 0.958 bits per heavy atom. The summed E-state index contributed by atoms with van der Waals surface area (Å²) in [6, 6.07) is -1.16. The van der Waals surface area contributed by atoms with Crippen LogP contribution < -0.4 is 5.32 Å². The summed E-state index contributed by atoms with van der Waals surface area (Å²) in [6.07, 6.45) is -5.06. The molecule has 0 aliphatic carbocycles. The SMILES string of the molecule is CC(=O)NC1[C@@H](OC(C)=O)[C@H](OC(C)=O)C(COC(C)=O)O[C@@H]1O. The number of aliphatic hydroxyl groups excluding tert-OH is 1. The Morgan fingerprint density at radius 3 is 1.96 bits per heavy atom. The van der Waals surface area contributed by atoms with Crippen LogP contribution in [0.3, 0.4) is 0 Å². The number of rotatable bonds is 5. The lowest BCUT2D eigenvalue weighted by Crippen LogP contribution is -2.66. The monoisotopic (exact) mass is 347 g/mol. The minimum absolute atomic E-state index is 0.338. The molecule has 0 bridgehead atoms. The molecule has 0 saturated carbocycles. The van der Waals surface area contributed by atoms with Gasteiger partial charge in [0.1, 0.15) is 18.8 Å². The number of carbonyl (C=O) groups is 4. The molecule has 0 radical (unpaired) electrons. The van der Waals surface area contributed by atoms with Gasteiger partial charge in [0.05, 0.1) is 0 Å². The number of hydrogen-bond acceptors (Lipinski definition) is 9. The van der Waals surface area contributed by atoms with E-state index >= 15 is 0 Å². The van der Waals surface area contributed by atoms with E-state index in [1.165, 1.54) is 13.8 Å². The summed E-state index contributed by atoms with van der Waals surface area (Å²) < 4.78 is 20.3. The summed E-state index contributed by atoms with van der Waals surface area (Å²) in [5, 5.41) is 12.5. The lowest BCUT2D eigenvalue weighted by Gasteiger charge is -2.43. The quantitative estimate of drug-likeness (QED) is 0.456. The molecule has 2 unspecified atom stereocenters. The van der Waals surface area contributed by atoms with Crippen LogP contribution in [-0.2, 0) is 38.1 Å². The van der Waals surface area contributed by atoms with Gasteiger partial charge in [-0.3, -0.25) is 19.2 Å². The van der Waals surface area contributed by atoms with E-state index in [4.69, 9.17) is 18.9 Å². The van der Waals surface area contributed by atoms with Gasteiger partial charge in [-0.05, 0) is 0 Å². The molecule has 10 nitrogen and oxygen atoms in total. The first-order valence-electron chi connectivity index (χ1n) is 7.20. The van der Waals surface area contributed by atoms with Gasteiger partial charge in [-0.25, -0.2) is 0 Å². The third-order valence-corrected chi connectivity index (χ3v) is 3.09. The van der Waals surface area contributed by atoms with E-state index in [-0.39, 0.29) is 6.61 Å². The zero-order valence-electron chi connectivity index (χ0n) is 13.8. The van der Waals surface area contributed by atoms with Crippen LogP contribution in [-0.4, -0.2) is 66.2 Å². The number of aliphatic hydroxyl groups is 1. The second kappa shape index (κ2) is 8.60. The molecule has 1 saturated heterocycles. The van der Waals surface area contributed by atoms with Gasteiger partial charge in [0, 0.05) is 27.7 Å². The van der Waals surface area contributed by atoms with Gasteiger partial charge in [-0.15, -0.1) is 0 Å². The fourth-order valence-electron chi connectivity index (χ4n) is 2.31. The predicted molar refractivity (Wildman–Crippen MR) is 76.2 cm³/mol. The first kappa shape index (κ1) is 19.8. The topological polar surface area (TPSA) is 137 Å². The Balaban J connectivity index is 3.11. The Labute approximate surface area is 138 Å². The molecular weight excluding hydrogens is 326 g/mol. The standard InChI is InChI=1S/C14H21NO9/c1-6(16)15-11-13(23-9(4)19)12(22-8(3)18)10(24-14(11)20)5-21-7(2)17/h10-14,20H,5H2,1-4H3,(H,15,16)/t10?,11?,12-,13-,14+/m1/s1. The first-order chi connectivity index (χ1) is 11.1. The molecule has 1 aliphatic heterocycles. The van der Waals surface area contributed by atoms with Crippen molar-refractivity contribution < 1.29 is 43.2 Å². The Bertz CT molecular complexity index is 506. The minimum atomic E-state index is -1.56. The maximum atomic E-state index is 11.4. The molecule has 0 aromatic heterocycles. The maximum Gasteiger partial charge on any atom is 0.303 e. The van der Waals surface area contributed by atoms with Crippen molar-refractivity contribution in [3.63, 3.8) is 0 Å². The van der Waals surface area contributed by atoms with E-state index in [1.807, 2.05) is 0 Å². The fraction of sp³-hybridized carbons (Fsp3) is 0.714. The summed E-state index contributed by atoms with van der Waals surface area (Å²) in [5.74, 6) is -2.54. The van der Waals surface area contributed by atoms with Crippen LogP contribution in [0.15, 0.2) is 0 Å². The van der Waals surface area contributed by atoms with Crippen molar-refractivity contribution in [2.45, 2.75) is 58.3 Å². The lowest BCUT2D eigenvalue weighted by atomic mass is 9.96. The predicted octanol–water partition coefficient (Wildman–Crippen LogP) is -1.37. The van der Waals surface area contributed by atoms with E-state index in [0.717, 1.165) is 13.8 Å². The van der Waals surface area contributed by atoms with E-state index < -0.39 is 54.5 Å². The van der Waals surface area contributed by atoms with Crippen LogP contribution in [0.2, 0.25) is 0 Å². The molecule has 0 spiro atoms. The summed E-state index contributed by atoms with van der Waals surface area (Å²) in [5.41, 5.74) is 0. The second-order valence-electron chi connectivity index (χ2n) is 5.24. The molecule has 10 heteroatoms. The normalized spacial score (nSPS) is 29.3. The molecule has 0 aromatic rings. The Kier molecular flexibility index (Phi) is 7.11. The second-order valence-corrected chi connectivity index (χ2v) is 5.24. The average molecular weight is 347 g/mol. The van der Waals surface area contributed by atoms with Gasteiger partial charge in [-0.2, -0.15) is 0 Å². The number of nitrogens with one attached hydrogen (secondary N) is 1. The lowest BCUT2D eigenvalue weighted by molar-refractivity contribution is -0.264. The highest BCUT2D eigenvalue weighted by Gasteiger charge is 2.50. The van der Waals surface area contributed by atoms with Crippen LogP contribution in [0.25, 0.3) is 0 Å².